The third-order valence-electron chi connectivity index (χ3n) is 5.54. The van der Waals surface area contributed by atoms with Gasteiger partial charge in [0.25, 0.3) is 5.56 Å². The number of hydrogen-bond donors (Lipinski definition) is 1. The maximum Gasteiger partial charge on any atom is 0.261 e. The van der Waals surface area contributed by atoms with Crippen molar-refractivity contribution in [2.75, 3.05) is 13.2 Å². The van der Waals surface area contributed by atoms with Crippen LogP contribution in [0.2, 0.25) is 0 Å². The van der Waals surface area contributed by atoms with Crippen molar-refractivity contribution in [3.8, 4) is 0 Å². The fourth-order valence-corrected chi connectivity index (χ4v) is 3.78. The van der Waals surface area contributed by atoms with Crippen molar-refractivity contribution in [3.63, 3.8) is 0 Å². The van der Waals surface area contributed by atoms with Crippen LogP contribution in [0.25, 0.3) is 10.9 Å². The number of fused-ring (bicyclic) bond motifs is 1. The first kappa shape index (κ1) is 16.7. The highest BCUT2D eigenvalue weighted by atomic mass is 19.1. The van der Waals surface area contributed by atoms with Crippen LogP contribution in [0.4, 0.5) is 4.39 Å². The van der Waals surface area contributed by atoms with Crippen molar-refractivity contribution in [1.82, 2.24) is 9.55 Å². The van der Waals surface area contributed by atoms with E-state index in [1.54, 1.807) is 6.92 Å². The molecule has 1 aliphatic carbocycles. The molecule has 2 aromatic rings. The fraction of sp³-hybridized carbons (Fsp3) is 0.579. The Labute approximate surface area is 146 Å². The number of aromatic nitrogens is 2. The van der Waals surface area contributed by atoms with Gasteiger partial charge in [-0.15, -0.1) is 0 Å². The molecule has 1 saturated heterocycles. The predicted octanol–water partition coefficient (Wildman–Crippen LogP) is 2.96. The molecule has 4 rings (SSSR count). The molecule has 1 saturated carbocycles. The number of nitrogens with two attached hydrogens (primary N) is 1. The fourth-order valence-electron chi connectivity index (χ4n) is 3.78. The van der Waals surface area contributed by atoms with Crippen molar-refractivity contribution in [3.05, 3.63) is 39.7 Å². The SMILES string of the molecule is C[C@@H](N)c1cc(F)cc2c(=O)n(C3CC3)c(C3(C)CCOCC3)nc12. The van der Waals surface area contributed by atoms with Crippen molar-refractivity contribution >= 4 is 10.9 Å². The Balaban J connectivity index is 2.04. The Hall–Kier alpha value is -1.79. The van der Waals surface area contributed by atoms with Crippen LogP contribution in [0.3, 0.4) is 0 Å². The van der Waals surface area contributed by atoms with Crippen molar-refractivity contribution in [2.45, 2.75) is 57.0 Å². The van der Waals surface area contributed by atoms with Gasteiger partial charge in [-0.1, -0.05) is 6.92 Å². The first-order chi connectivity index (χ1) is 11.9. The van der Waals surface area contributed by atoms with Crippen LogP contribution in [0.1, 0.15) is 63.0 Å². The summed E-state index contributed by atoms with van der Waals surface area (Å²) in [5.74, 6) is 0.371. The normalized spacial score (nSPS) is 21.4. The van der Waals surface area contributed by atoms with Crippen LogP contribution in [0.15, 0.2) is 16.9 Å². The number of nitrogens with zero attached hydrogens (tertiary/aromatic N) is 2. The van der Waals surface area contributed by atoms with E-state index < -0.39 is 11.9 Å². The maximum atomic E-state index is 14.1. The van der Waals surface area contributed by atoms with E-state index in [0.717, 1.165) is 31.5 Å². The van der Waals surface area contributed by atoms with E-state index in [2.05, 4.69) is 6.92 Å². The lowest BCUT2D eigenvalue weighted by Crippen LogP contribution is -2.38. The van der Waals surface area contributed by atoms with E-state index in [1.165, 1.54) is 12.1 Å². The molecule has 0 bridgehead atoms. The first-order valence-corrected chi connectivity index (χ1v) is 9.00. The molecule has 1 aromatic heterocycles. The van der Waals surface area contributed by atoms with Gasteiger partial charge in [0.2, 0.25) is 0 Å². The summed E-state index contributed by atoms with van der Waals surface area (Å²) in [6, 6.07) is 2.49. The summed E-state index contributed by atoms with van der Waals surface area (Å²) in [6.07, 6.45) is 3.60. The van der Waals surface area contributed by atoms with Crippen molar-refractivity contribution < 1.29 is 9.13 Å². The molecule has 0 amide bonds. The molecular formula is C19H24FN3O2. The zero-order valence-electron chi connectivity index (χ0n) is 14.7. The molecule has 2 aliphatic rings. The molecule has 6 heteroatoms. The van der Waals surface area contributed by atoms with E-state index >= 15 is 0 Å². The van der Waals surface area contributed by atoms with Crippen molar-refractivity contribution in [2.24, 2.45) is 5.73 Å². The number of ether oxygens (including phenoxy) is 1. The predicted molar refractivity (Wildman–Crippen MR) is 94.2 cm³/mol. The van der Waals surface area contributed by atoms with Crippen molar-refractivity contribution in [1.29, 1.82) is 0 Å². The van der Waals surface area contributed by atoms with Crippen LogP contribution in [-0.2, 0) is 10.2 Å². The Morgan fingerprint density at radius 1 is 1.36 bits per heavy atom. The Kier molecular flexibility index (Phi) is 3.92. The second kappa shape index (κ2) is 5.88. The second-order valence-corrected chi connectivity index (χ2v) is 7.69. The number of halogens is 1. The lowest BCUT2D eigenvalue weighted by Gasteiger charge is -2.35. The van der Waals surface area contributed by atoms with E-state index in [4.69, 9.17) is 15.5 Å². The molecule has 25 heavy (non-hydrogen) atoms. The zero-order chi connectivity index (χ0) is 17.8. The minimum Gasteiger partial charge on any atom is -0.381 e. The topological polar surface area (TPSA) is 70.1 Å². The Morgan fingerprint density at radius 2 is 2.04 bits per heavy atom. The van der Waals surface area contributed by atoms with Crippen LogP contribution in [-0.4, -0.2) is 22.8 Å². The van der Waals surface area contributed by atoms with E-state index in [9.17, 15) is 9.18 Å². The van der Waals surface area contributed by atoms with Gasteiger partial charge in [0.05, 0.1) is 10.9 Å². The smallest absolute Gasteiger partial charge is 0.261 e. The molecule has 0 radical (unpaired) electrons. The number of benzene rings is 1. The van der Waals surface area contributed by atoms with Crippen LogP contribution in [0, 0.1) is 5.82 Å². The Bertz CT molecular complexity index is 880. The molecule has 1 aliphatic heterocycles. The van der Waals surface area contributed by atoms with E-state index in [1.807, 2.05) is 4.57 Å². The molecule has 1 aromatic carbocycles. The summed E-state index contributed by atoms with van der Waals surface area (Å²) in [5, 5.41) is 0.332. The Morgan fingerprint density at radius 3 is 2.64 bits per heavy atom. The monoisotopic (exact) mass is 345 g/mol. The third kappa shape index (κ3) is 2.77. The highest BCUT2D eigenvalue weighted by Crippen LogP contribution is 2.41. The van der Waals surface area contributed by atoms with Gasteiger partial charge in [-0.2, -0.15) is 0 Å². The van der Waals surface area contributed by atoms with Gasteiger partial charge in [-0.3, -0.25) is 9.36 Å². The molecule has 134 valence electrons. The molecule has 2 heterocycles. The maximum absolute atomic E-state index is 14.1. The number of rotatable bonds is 3. The minimum absolute atomic E-state index is 0.142. The van der Waals surface area contributed by atoms with Crippen LogP contribution in [0.5, 0.6) is 0 Å². The molecule has 2 fully saturated rings. The average Bonchev–Trinajstić information content (AvgIpc) is 3.40. The van der Waals surface area contributed by atoms with Gasteiger partial charge >= 0.3 is 0 Å². The summed E-state index contributed by atoms with van der Waals surface area (Å²) in [4.78, 5) is 18.1. The largest absolute Gasteiger partial charge is 0.381 e. The van der Waals surface area contributed by atoms with Crippen LogP contribution < -0.4 is 11.3 Å². The molecule has 1 atom stereocenters. The summed E-state index contributed by atoms with van der Waals surface area (Å²) < 4.78 is 21.4. The highest BCUT2D eigenvalue weighted by molar-refractivity contribution is 5.82. The number of hydrogen-bond acceptors (Lipinski definition) is 4. The second-order valence-electron chi connectivity index (χ2n) is 7.69. The lowest BCUT2D eigenvalue weighted by atomic mass is 9.81. The molecule has 0 unspecified atom stereocenters. The third-order valence-corrected chi connectivity index (χ3v) is 5.54. The first-order valence-electron chi connectivity index (χ1n) is 9.00. The van der Waals surface area contributed by atoms with Gasteiger partial charge < -0.3 is 10.5 Å². The average molecular weight is 345 g/mol. The van der Waals surface area contributed by atoms with Gasteiger partial charge in [0, 0.05) is 30.7 Å². The van der Waals surface area contributed by atoms with Gasteiger partial charge in [-0.25, -0.2) is 9.37 Å². The van der Waals surface area contributed by atoms with E-state index in [-0.39, 0.29) is 17.0 Å². The summed E-state index contributed by atoms with van der Waals surface area (Å²) in [7, 11) is 0. The lowest BCUT2D eigenvalue weighted by molar-refractivity contribution is 0.0519. The minimum atomic E-state index is -0.439. The van der Waals surface area contributed by atoms with Gasteiger partial charge in [0.1, 0.15) is 11.6 Å². The van der Waals surface area contributed by atoms with E-state index in [0.29, 0.717) is 29.7 Å². The molecule has 0 spiro atoms. The quantitative estimate of drug-likeness (QED) is 0.928. The molecule has 2 N–H and O–H groups in total. The molecular weight excluding hydrogens is 321 g/mol. The summed E-state index contributed by atoms with van der Waals surface area (Å²) in [6.45, 7) is 5.27. The summed E-state index contributed by atoms with van der Waals surface area (Å²) in [5.41, 5.74) is 6.81. The standard InChI is InChI=1S/C19H24FN3O2/c1-11(21)14-9-12(20)10-15-16(14)22-18(19(2)5-7-25-8-6-19)23(17(15)24)13-3-4-13/h9-11,13H,3-8,21H2,1-2H3/t11-/m1/s1. The molecule has 5 nitrogen and oxygen atoms in total. The summed E-state index contributed by atoms with van der Waals surface area (Å²) >= 11 is 0. The van der Waals surface area contributed by atoms with Gasteiger partial charge in [0.15, 0.2) is 0 Å². The zero-order valence-corrected chi connectivity index (χ0v) is 14.7. The highest BCUT2D eigenvalue weighted by Gasteiger charge is 2.38. The van der Waals surface area contributed by atoms with Gasteiger partial charge in [-0.05, 0) is 50.3 Å². The van der Waals surface area contributed by atoms with Crippen LogP contribution >= 0.6 is 0 Å².